The van der Waals surface area contributed by atoms with E-state index in [2.05, 4.69) is 0 Å². The minimum Gasteiger partial charge on any atom is -0.394 e. The van der Waals surface area contributed by atoms with Gasteiger partial charge in [-0.1, -0.05) is 30.7 Å². The van der Waals surface area contributed by atoms with Crippen LogP contribution in [0.15, 0.2) is 24.3 Å². The van der Waals surface area contributed by atoms with Gasteiger partial charge in [0.1, 0.15) is 0 Å². The molecule has 0 spiro atoms. The largest absolute Gasteiger partial charge is 0.394 e. The van der Waals surface area contributed by atoms with Crippen molar-refractivity contribution >= 4 is 11.6 Å². The van der Waals surface area contributed by atoms with E-state index in [1.807, 2.05) is 19.1 Å². The van der Waals surface area contributed by atoms with Crippen molar-refractivity contribution in [3.05, 3.63) is 34.9 Å². The third-order valence-corrected chi connectivity index (χ3v) is 2.58. The van der Waals surface area contributed by atoms with Gasteiger partial charge in [-0.25, -0.2) is 0 Å². The average molecular weight is 200 g/mol. The van der Waals surface area contributed by atoms with Crippen LogP contribution in [0.25, 0.3) is 0 Å². The van der Waals surface area contributed by atoms with E-state index in [-0.39, 0.29) is 6.61 Å². The lowest BCUT2D eigenvalue weighted by atomic mass is 9.89. The Morgan fingerprint density at radius 1 is 1.38 bits per heavy atom. The molecule has 1 aromatic carbocycles. The second kappa shape index (κ2) is 4.09. The normalized spacial score (nSPS) is 15.4. The van der Waals surface area contributed by atoms with E-state index in [1.165, 1.54) is 0 Å². The number of benzene rings is 1. The van der Waals surface area contributed by atoms with Crippen LogP contribution in [-0.2, 0) is 5.54 Å². The van der Waals surface area contributed by atoms with Gasteiger partial charge in [-0.2, -0.15) is 0 Å². The van der Waals surface area contributed by atoms with Gasteiger partial charge < -0.3 is 10.8 Å². The molecule has 2 nitrogen and oxygen atoms in total. The zero-order valence-corrected chi connectivity index (χ0v) is 8.38. The van der Waals surface area contributed by atoms with Crippen LogP contribution in [0.2, 0.25) is 5.02 Å². The van der Waals surface area contributed by atoms with Gasteiger partial charge in [-0.3, -0.25) is 0 Å². The highest BCUT2D eigenvalue weighted by molar-refractivity contribution is 6.30. The fourth-order valence-corrected chi connectivity index (χ4v) is 1.32. The minimum absolute atomic E-state index is 0.0505. The van der Waals surface area contributed by atoms with Crippen molar-refractivity contribution in [2.45, 2.75) is 18.9 Å². The van der Waals surface area contributed by atoms with Gasteiger partial charge in [0.25, 0.3) is 0 Å². The molecule has 0 radical (unpaired) electrons. The lowest BCUT2D eigenvalue weighted by Gasteiger charge is -2.26. The van der Waals surface area contributed by atoms with Crippen molar-refractivity contribution in [2.75, 3.05) is 6.61 Å². The third kappa shape index (κ3) is 2.21. The Kier molecular flexibility index (Phi) is 3.31. The highest BCUT2D eigenvalue weighted by atomic mass is 35.5. The fraction of sp³-hybridized carbons (Fsp3) is 0.400. The zero-order chi connectivity index (χ0) is 9.90. The van der Waals surface area contributed by atoms with Crippen LogP contribution >= 0.6 is 11.6 Å². The standard InChI is InChI=1S/C10H14ClNO/c1-2-10(12,7-13)8-3-5-9(11)6-4-8/h3-6,13H,2,7,12H2,1H3. The predicted octanol–water partition coefficient (Wildman–Crippen LogP) is 1.90. The van der Waals surface area contributed by atoms with Crippen molar-refractivity contribution in [2.24, 2.45) is 5.73 Å². The number of rotatable bonds is 3. The van der Waals surface area contributed by atoms with Gasteiger partial charge in [-0.05, 0) is 24.1 Å². The smallest absolute Gasteiger partial charge is 0.0653 e. The Bertz CT molecular complexity index is 267. The maximum atomic E-state index is 9.15. The first kappa shape index (κ1) is 10.5. The molecule has 0 aliphatic heterocycles. The molecular formula is C10H14ClNO. The second-order valence-corrected chi connectivity index (χ2v) is 3.61. The van der Waals surface area contributed by atoms with Crippen molar-refractivity contribution in [3.63, 3.8) is 0 Å². The number of halogens is 1. The Labute approximate surface area is 83.3 Å². The molecule has 0 aliphatic carbocycles. The van der Waals surface area contributed by atoms with E-state index in [1.54, 1.807) is 12.1 Å². The van der Waals surface area contributed by atoms with Crippen LogP contribution in [0.5, 0.6) is 0 Å². The molecule has 1 rings (SSSR count). The summed E-state index contributed by atoms with van der Waals surface area (Å²) in [7, 11) is 0. The van der Waals surface area contributed by atoms with Gasteiger partial charge >= 0.3 is 0 Å². The van der Waals surface area contributed by atoms with Crippen molar-refractivity contribution in [1.82, 2.24) is 0 Å². The van der Waals surface area contributed by atoms with E-state index in [9.17, 15) is 0 Å². The van der Waals surface area contributed by atoms with Crippen LogP contribution in [0.1, 0.15) is 18.9 Å². The Morgan fingerprint density at radius 3 is 2.31 bits per heavy atom. The van der Waals surface area contributed by atoms with Crippen LogP contribution in [-0.4, -0.2) is 11.7 Å². The molecule has 0 amide bonds. The summed E-state index contributed by atoms with van der Waals surface area (Å²) in [4.78, 5) is 0. The molecule has 0 aliphatic rings. The minimum atomic E-state index is -0.634. The zero-order valence-electron chi connectivity index (χ0n) is 7.63. The molecule has 72 valence electrons. The molecule has 0 saturated heterocycles. The number of hydrogen-bond donors (Lipinski definition) is 2. The summed E-state index contributed by atoms with van der Waals surface area (Å²) in [5, 5.41) is 9.83. The number of aliphatic hydroxyl groups is 1. The molecule has 13 heavy (non-hydrogen) atoms. The van der Waals surface area contributed by atoms with Crippen LogP contribution in [0.4, 0.5) is 0 Å². The molecule has 3 heteroatoms. The summed E-state index contributed by atoms with van der Waals surface area (Å²) >= 11 is 5.74. The highest BCUT2D eigenvalue weighted by Gasteiger charge is 2.23. The fourth-order valence-electron chi connectivity index (χ4n) is 1.19. The van der Waals surface area contributed by atoms with E-state index in [4.69, 9.17) is 22.4 Å². The maximum Gasteiger partial charge on any atom is 0.0653 e. The molecular weight excluding hydrogens is 186 g/mol. The molecule has 0 saturated carbocycles. The van der Waals surface area contributed by atoms with E-state index in [0.29, 0.717) is 11.4 Å². The average Bonchev–Trinajstić information content (AvgIpc) is 2.18. The summed E-state index contributed by atoms with van der Waals surface area (Å²) in [5.41, 5.74) is 6.26. The predicted molar refractivity (Wildman–Crippen MR) is 54.7 cm³/mol. The molecule has 0 fully saturated rings. The monoisotopic (exact) mass is 199 g/mol. The summed E-state index contributed by atoms with van der Waals surface area (Å²) in [6, 6.07) is 7.26. The second-order valence-electron chi connectivity index (χ2n) is 3.17. The number of aliphatic hydroxyl groups excluding tert-OH is 1. The van der Waals surface area contributed by atoms with Crippen LogP contribution in [0.3, 0.4) is 0 Å². The van der Waals surface area contributed by atoms with Crippen molar-refractivity contribution in [3.8, 4) is 0 Å². The molecule has 0 heterocycles. The molecule has 1 aromatic rings. The maximum absolute atomic E-state index is 9.15. The topological polar surface area (TPSA) is 46.2 Å². The Balaban J connectivity index is 2.99. The Morgan fingerprint density at radius 2 is 1.92 bits per heavy atom. The lowest BCUT2D eigenvalue weighted by molar-refractivity contribution is 0.192. The third-order valence-electron chi connectivity index (χ3n) is 2.33. The summed E-state index contributed by atoms with van der Waals surface area (Å²) in [5.74, 6) is 0. The lowest BCUT2D eigenvalue weighted by Crippen LogP contribution is -2.39. The first-order valence-electron chi connectivity index (χ1n) is 4.28. The van der Waals surface area contributed by atoms with Gasteiger partial charge in [0.05, 0.1) is 12.1 Å². The van der Waals surface area contributed by atoms with Gasteiger partial charge in [0.15, 0.2) is 0 Å². The molecule has 1 atom stereocenters. The van der Waals surface area contributed by atoms with E-state index in [0.717, 1.165) is 5.56 Å². The molecule has 3 N–H and O–H groups in total. The van der Waals surface area contributed by atoms with Crippen molar-refractivity contribution in [1.29, 1.82) is 0 Å². The van der Waals surface area contributed by atoms with Crippen molar-refractivity contribution < 1.29 is 5.11 Å². The molecule has 1 unspecified atom stereocenters. The first-order chi connectivity index (χ1) is 6.12. The number of nitrogens with two attached hydrogens (primary N) is 1. The molecule has 0 aromatic heterocycles. The highest BCUT2D eigenvalue weighted by Crippen LogP contribution is 2.22. The van der Waals surface area contributed by atoms with Gasteiger partial charge in [0, 0.05) is 5.02 Å². The van der Waals surface area contributed by atoms with E-state index < -0.39 is 5.54 Å². The summed E-state index contributed by atoms with van der Waals surface area (Å²) < 4.78 is 0. The van der Waals surface area contributed by atoms with Gasteiger partial charge in [0.2, 0.25) is 0 Å². The molecule has 0 bridgehead atoms. The van der Waals surface area contributed by atoms with E-state index >= 15 is 0 Å². The summed E-state index contributed by atoms with van der Waals surface area (Å²) in [6.07, 6.45) is 0.700. The van der Waals surface area contributed by atoms with Gasteiger partial charge in [-0.15, -0.1) is 0 Å². The first-order valence-corrected chi connectivity index (χ1v) is 4.66. The van der Waals surface area contributed by atoms with Crippen LogP contribution in [0, 0.1) is 0 Å². The van der Waals surface area contributed by atoms with Crippen LogP contribution < -0.4 is 5.73 Å². The number of hydrogen-bond acceptors (Lipinski definition) is 2. The summed E-state index contributed by atoms with van der Waals surface area (Å²) in [6.45, 7) is 1.90. The quantitative estimate of drug-likeness (QED) is 0.781. The Hall–Kier alpha value is -0.570. The SMILES string of the molecule is CCC(N)(CO)c1ccc(Cl)cc1.